The van der Waals surface area contributed by atoms with Crippen LogP contribution in [0, 0.1) is 17.8 Å². The van der Waals surface area contributed by atoms with Crippen molar-refractivity contribution in [3.63, 3.8) is 0 Å². The molecule has 0 spiro atoms. The lowest BCUT2D eigenvalue weighted by atomic mass is 9.85. The van der Waals surface area contributed by atoms with E-state index in [4.69, 9.17) is 18.9 Å². The van der Waals surface area contributed by atoms with Gasteiger partial charge in [-0.15, -0.1) is 0 Å². The van der Waals surface area contributed by atoms with Gasteiger partial charge in [-0.05, 0) is 51.5 Å². The molecule has 0 bridgehead atoms. The molecule has 33 heavy (non-hydrogen) atoms. The van der Waals surface area contributed by atoms with Crippen molar-refractivity contribution in [3.8, 4) is 0 Å². The second kappa shape index (κ2) is 12.5. The molecule has 0 radical (unpaired) electrons. The average molecular weight is 469 g/mol. The molecule has 0 aromatic heterocycles. The molecule has 0 unspecified atom stereocenters. The van der Waals surface area contributed by atoms with Crippen molar-refractivity contribution in [2.45, 2.75) is 96.4 Å². The largest absolute Gasteiger partial charge is 0.469 e. The highest BCUT2D eigenvalue weighted by Crippen LogP contribution is 2.47. The van der Waals surface area contributed by atoms with Gasteiger partial charge in [0.25, 0.3) is 0 Å². The van der Waals surface area contributed by atoms with E-state index in [1.165, 1.54) is 7.11 Å². The van der Waals surface area contributed by atoms with Crippen LogP contribution in [-0.4, -0.2) is 73.1 Å². The van der Waals surface area contributed by atoms with Crippen molar-refractivity contribution in [2.75, 3.05) is 20.8 Å². The highest BCUT2D eigenvalue weighted by Gasteiger charge is 2.56. The van der Waals surface area contributed by atoms with Crippen molar-refractivity contribution < 1.29 is 34.0 Å². The third kappa shape index (κ3) is 7.62. The molecule has 190 valence electrons. The first-order valence-corrected chi connectivity index (χ1v) is 12.1. The minimum absolute atomic E-state index is 0.0113. The van der Waals surface area contributed by atoms with Crippen LogP contribution in [0.2, 0.25) is 0 Å². The van der Waals surface area contributed by atoms with E-state index in [1.807, 2.05) is 6.92 Å². The minimum Gasteiger partial charge on any atom is -0.469 e. The van der Waals surface area contributed by atoms with Gasteiger partial charge in [0, 0.05) is 25.6 Å². The number of allylic oxidation sites excluding steroid dienone is 3. The minimum atomic E-state index is -0.536. The number of aliphatic hydroxyl groups is 2. The Morgan fingerprint density at radius 1 is 1.24 bits per heavy atom. The second-order valence-corrected chi connectivity index (χ2v) is 10.1. The van der Waals surface area contributed by atoms with Gasteiger partial charge in [-0.25, -0.2) is 0 Å². The van der Waals surface area contributed by atoms with E-state index in [0.29, 0.717) is 5.92 Å². The number of hydrogen-bond acceptors (Lipinski definition) is 7. The molecule has 2 aliphatic heterocycles. The summed E-state index contributed by atoms with van der Waals surface area (Å²) in [5.74, 6) is 0.0809. The van der Waals surface area contributed by atoms with Gasteiger partial charge in [0.2, 0.25) is 0 Å². The van der Waals surface area contributed by atoms with Gasteiger partial charge in [-0.1, -0.05) is 32.1 Å². The number of hydrogen-bond donors (Lipinski definition) is 2. The Hall–Kier alpha value is -1.25. The molecule has 2 rings (SSSR count). The van der Waals surface area contributed by atoms with Gasteiger partial charge in [-0.2, -0.15) is 0 Å². The van der Waals surface area contributed by atoms with Crippen molar-refractivity contribution in [1.82, 2.24) is 0 Å². The first-order chi connectivity index (χ1) is 15.6. The number of carbonyl (C=O) groups excluding carboxylic acids is 1. The normalized spacial score (nSPS) is 34.0. The number of ether oxygens (including phenoxy) is 4. The summed E-state index contributed by atoms with van der Waals surface area (Å²) in [5, 5.41) is 19.6. The zero-order valence-corrected chi connectivity index (χ0v) is 21.3. The number of epoxide rings is 1. The Morgan fingerprint density at radius 3 is 2.52 bits per heavy atom. The van der Waals surface area contributed by atoms with Gasteiger partial charge in [0.15, 0.2) is 0 Å². The van der Waals surface area contributed by atoms with Gasteiger partial charge < -0.3 is 29.2 Å². The molecule has 0 aromatic rings. The number of methoxy groups -OCH3 is 2. The standard InChI is InChI=1S/C26H44O7/c1-16(14-26(5)25(33-26)18(3)24(31-7)19(4)28)9-8-10-17(2)21-12-11-20(15-27)22(32-21)13-23(29)30-6/h8-10,16,18-22,24-25,27-28H,11-15H2,1-7H3/b9-8+,17-10+/t16-,18-,19-,20-,21+,22+,24-,25-,26-/m1/s1. The molecule has 2 heterocycles. The smallest absolute Gasteiger partial charge is 0.308 e. The number of aliphatic hydroxyl groups excluding tert-OH is 2. The summed E-state index contributed by atoms with van der Waals surface area (Å²) in [7, 11) is 3.00. The van der Waals surface area contributed by atoms with Crippen LogP contribution >= 0.6 is 0 Å². The highest BCUT2D eigenvalue weighted by atomic mass is 16.6. The Balaban J connectivity index is 1.89. The third-order valence-electron chi connectivity index (χ3n) is 7.21. The lowest BCUT2D eigenvalue weighted by Gasteiger charge is -2.35. The fraction of sp³-hybridized carbons (Fsp3) is 0.808. The van der Waals surface area contributed by atoms with Crippen LogP contribution in [0.5, 0.6) is 0 Å². The molecule has 7 heteroatoms. The topological polar surface area (TPSA) is 97.8 Å². The Labute approximate surface area is 199 Å². The predicted octanol–water partition coefficient (Wildman–Crippen LogP) is 3.42. The quantitative estimate of drug-likeness (QED) is 0.257. The maximum absolute atomic E-state index is 11.7. The summed E-state index contributed by atoms with van der Waals surface area (Å²) in [6.07, 6.45) is 7.91. The molecule has 7 nitrogen and oxygen atoms in total. The van der Waals surface area contributed by atoms with Crippen molar-refractivity contribution in [1.29, 1.82) is 0 Å². The second-order valence-electron chi connectivity index (χ2n) is 10.1. The molecular weight excluding hydrogens is 424 g/mol. The molecule has 2 N–H and O–H groups in total. The first kappa shape index (κ1) is 28.0. The molecular formula is C26H44O7. The van der Waals surface area contributed by atoms with E-state index < -0.39 is 6.10 Å². The van der Waals surface area contributed by atoms with Crippen molar-refractivity contribution >= 4 is 5.97 Å². The third-order valence-corrected chi connectivity index (χ3v) is 7.21. The fourth-order valence-corrected chi connectivity index (χ4v) is 5.27. The van der Waals surface area contributed by atoms with Gasteiger partial charge in [0.1, 0.15) is 0 Å². The monoisotopic (exact) mass is 468 g/mol. The Morgan fingerprint density at radius 2 is 1.94 bits per heavy atom. The van der Waals surface area contributed by atoms with Crippen LogP contribution in [0.25, 0.3) is 0 Å². The van der Waals surface area contributed by atoms with E-state index >= 15 is 0 Å². The molecule has 9 atom stereocenters. The molecule has 2 saturated heterocycles. The number of rotatable bonds is 12. The molecule has 0 amide bonds. The molecule has 2 fully saturated rings. The molecule has 0 aromatic carbocycles. The SMILES string of the molecule is COC(=O)C[C@@H]1O[C@H](/C(C)=C/C=C/[C@@H](C)C[C@@]2(C)O[C@@H]2[C@H](C)[C@@H](OC)[C@@H](C)O)CC[C@@H]1CO. The van der Waals surface area contributed by atoms with Crippen LogP contribution in [0.3, 0.4) is 0 Å². The lowest BCUT2D eigenvalue weighted by molar-refractivity contribution is -0.149. The zero-order valence-electron chi connectivity index (χ0n) is 21.3. The van der Waals surface area contributed by atoms with Gasteiger partial charge >= 0.3 is 5.97 Å². The van der Waals surface area contributed by atoms with Crippen molar-refractivity contribution in [3.05, 3.63) is 23.8 Å². The maximum Gasteiger partial charge on any atom is 0.308 e. The summed E-state index contributed by atoms with van der Waals surface area (Å²) < 4.78 is 22.4. The fourth-order valence-electron chi connectivity index (χ4n) is 5.27. The molecule has 2 aliphatic rings. The van der Waals surface area contributed by atoms with Crippen LogP contribution in [0.1, 0.15) is 60.3 Å². The summed E-state index contributed by atoms with van der Waals surface area (Å²) >= 11 is 0. The zero-order chi connectivity index (χ0) is 24.8. The van der Waals surface area contributed by atoms with E-state index in [1.54, 1.807) is 14.0 Å². The maximum atomic E-state index is 11.7. The first-order valence-electron chi connectivity index (χ1n) is 12.1. The van der Waals surface area contributed by atoms with E-state index in [0.717, 1.165) is 24.8 Å². The predicted molar refractivity (Wildman–Crippen MR) is 127 cm³/mol. The van der Waals surface area contributed by atoms with E-state index in [-0.39, 0.29) is 60.8 Å². The van der Waals surface area contributed by atoms with Crippen LogP contribution in [0.4, 0.5) is 0 Å². The summed E-state index contributed by atoms with van der Waals surface area (Å²) in [6, 6.07) is 0. The average Bonchev–Trinajstić information content (AvgIpc) is 3.43. The summed E-state index contributed by atoms with van der Waals surface area (Å²) in [5.41, 5.74) is 0.894. The lowest BCUT2D eigenvalue weighted by Crippen LogP contribution is -2.39. The van der Waals surface area contributed by atoms with E-state index in [2.05, 4.69) is 39.0 Å². The van der Waals surface area contributed by atoms with Crippen LogP contribution < -0.4 is 0 Å². The van der Waals surface area contributed by atoms with E-state index in [9.17, 15) is 15.0 Å². The van der Waals surface area contributed by atoms with Crippen molar-refractivity contribution in [2.24, 2.45) is 17.8 Å². The van der Waals surface area contributed by atoms with Gasteiger partial charge in [0.05, 0.1) is 49.7 Å². The summed E-state index contributed by atoms with van der Waals surface area (Å²) in [4.78, 5) is 11.7. The van der Waals surface area contributed by atoms with Gasteiger partial charge in [-0.3, -0.25) is 4.79 Å². The highest BCUT2D eigenvalue weighted by molar-refractivity contribution is 5.69. The molecule has 0 aliphatic carbocycles. The molecule has 0 saturated carbocycles. The number of esters is 1. The van der Waals surface area contributed by atoms with Crippen LogP contribution in [0.15, 0.2) is 23.8 Å². The summed E-state index contributed by atoms with van der Waals surface area (Å²) in [6.45, 7) is 10.2. The van der Waals surface area contributed by atoms with Crippen LogP contribution in [-0.2, 0) is 23.7 Å². The Kier molecular flexibility index (Phi) is 10.6. The number of carbonyl (C=O) groups is 1. The Bertz CT molecular complexity index is 688.